The van der Waals surface area contributed by atoms with Crippen molar-refractivity contribution in [2.24, 2.45) is 5.92 Å². The molecule has 1 saturated carbocycles. The summed E-state index contributed by atoms with van der Waals surface area (Å²) in [5, 5.41) is 0. The molecule has 0 N–H and O–H groups in total. The molecule has 156 valence electrons. The summed E-state index contributed by atoms with van der Waals surface area (Å²) in [6.45, 7) is 4.83. The third-order valence-corrected chi connectivity index (χ3v) is 6.86. The van der Waals surface area contributed by atoms with Gasteiger partial charge in [0, 0.05) is 17.5 Å². The van der Waals surface area contributed by atoms with Crippen molar-refractivity contribution in [2.75, 3.05) is 6.61 Å². The predicted octanol–water partition coefficient (Wildman–Crippen LogP) is 7.79. The minimum absolute atomic E-state index is 0.106. The molecule has 4 rings (SSSR count). The molecule has 29 heavy (non-hydrogen) atoms. The average Bonchev–Trinajstić information content (AvgIpc) is 3.12. The summed E-state index contributed by atoms with van der Waals surface area (Å²) < 4.78 is 36.1. The van der Waals surface area contributed by atoms with Crippen molar-refractivity contribution in [1.82, 2.24) is 0 Å². The fourth-order valence-electron chi connectivity index (χ4n) is 5.19. The maximum absolute atomic E-state index is 15.5. The van der Waals surface area contributed by atoms with E-state index in [1.54, 1.807) is 6.07 Å². The lowest BCUT2D eigenvalue weighted by atomic mass is 9.76. The summed E-state index contributed by atoms with van der Waals surface area (Å²) in [6, 6.07) is 7.55. The Balaban J connectivity index is 1.56. The van der Waals surface area contributed by atoms with E-state index in [1.807, 2.05) is 18.2 Å². The molecule has 1 fully saturated rings. The molecule has 0 saturated heterocycles. The van der Waals surface area contributed by atoms with Gasteiger partial charge in [-0.3, -0.25) is 0 Å². The van der Waals surface area contributed by atoms with E-state index in [0.29, 0.717) is 35.8 Å². The molecular formula is C26H32F2O. The van der Waals surface area contributed by atoms with Crippen LogP contribution < -0.4 is 4.74 Å². The molecule has 0 bridgehead atoms. The Hall–Kier alpha value is -1.90. The largest absolute Gasteiger partial charge is 0.491 e. The van der Waals surface area contributed by atoms with Gasteiger partial charge in [0.2, 0.25) is 0 Å². The standard InChI is InChI=1S/C26H32F2O/c1-3-5-15-29-24-14-13-21-20-12-11-19(18-9-7-17(6-4-2)8-10-18)25(27)22(20)16-23(21)26(24)28/h11-14,17-18H,3-10,15-16H2,1-2H3/t17-,18-. The summed E-state index contributed by atoms with van der Waals surface area (Å²) in [4.78, 5) is 0. The highest BCUT2D eigenvalue weighted by Gasteiger charge is 2.30. The van der Waals surface area contributed by atoms with Crippen LogP contribution in [0, 0.1) is 17.6 Å². The van der Waals surface area contributed by atoms with Crippen LogP contribution in [0.3, 0.4) is 0 Å². The summed E-state index contributed by atoms with van der Waals surface area (Å²) in [5.41, 5.74) is 3.75. The Morgan fingerprint density at radius 3 is 2.24 bits per heavy atom. The highest BCUT2D eigenvalue weighted by atomic mass is 19.1. The molecule has 3 heteroatoms. The van der Waals surface area contributed by atoms with Crippen molar-refractivity contribution >= 4 is 0 Å². The van der Waals surface area contributed by atoms with E-state index in [4.69, 9.17) is 4.74 Å². The van der Waals surface area contributed by atoms with Gasteiger partial charge in [-0.25, -0.2) is 8.78 Å². The quantitative estimate of drug-likeness (QED) is 0.369. The molecule has 2 aromatic rings. The van der Waals surface area contributed by atoms with Crippen molar-refractivity contribution in [1.29, 1.82) is 0 Å². The van der Waals surface area contributed by atoms with Crippen molar-refractivity contribution in [3.8, 4) is 16.9 Å². The maximum Gasteiger partial charge on any atom is 0.169 e. The zero-order valence-corrected chi connectivity index (χ0v) is 17.7. The Morgan fingerprint density at radius 2 is 1.55 bits per heavy atom. The Labute approximate surface area is 173 Å². The van der Waals surface area contributed by atoms with Crippen LogP contribution in [-0.4, -0.2) is 6.61 Å². The molecule has 0 aliphatic heterocycles. The first-order chi connectivity index (χ1) is 14.1. The number of benzene rings is 2. The first kappa shape index (κ1) is 20.4. The second-order valence-corrected chi connectivity index (χ2v) is 8.78. The molecule has 0 atom stereocenters. The number of hydrogen-bond donors (Lipinski definition) is 0. The fourth-order valence-corrected chi connectivity index (χ4v) is 5.19. The van der Waals surface area contributed by atoms with E-state index in [-0.39, 0.29) is 11.6 Å². The summed E-state index contributed by atoms with van der Waals surface area (Å²) in [6.07, 6.45) is 9.28. The molecule has 0 radical (unpaired) electrons. The van der Waals surface area contributed by atoms with E-state index >= 15 is 8.78 Å². The van der Waals surface area contributed by atoms with Crippen LogP contribution in [0.25, 0.3) is 11.1 Å². The van der Waals surface area contributed by atoms with Gasteiger partial charge in [-0.1, -0.05) is 51.3 Å². The van der Waals surface area contributed by atoms with E-state index in [0.717, 1.165) is 48.3 Å². The van der Waals surface area contributed by atoms with Crippen molar-refractivity contribution < 1.29 is 13.5 Å². The smallest absolute Gasteiger partial charge is 0.169 e. The van der Waals surface area contributed by atoms with Gasteiger partial charge in [-0.2, -0.15) is 0 Å². The number of hydrogen-bond acceptors (Lipinski definition) is 1. The van der Waals surface area contributed by atoms with E-state index in [1.165, 1.54) is 25.7 Å². The van der Waals surface area contributed by atoms with E-state index in [2.05, 4.69) is 13.8 Å². The molecule has 0 amide bonds. The number of fused-ring (bicyclic) bond motifs is 3. The normalized spacial score (nSPS) is 20.4. The van der Waals surface area contributed by atoms with Gasteiger partial charge in [0.25, 0.3) is 0 Å². The Kier molecular flexibility index (Phi) is 6.22. The minimum Gasteiger partial charge on any atom is -0.491 e. The maximum atomic E-state index is 15.5. The molecule has 0 aromatic heterocycles. The molecule has 2 aromatic carbocycles. The van der Waals surface area contributed by atoms with Crippen LogP contribution >= 0.6 is 0 Å². The van der Waals surface area contributed by atoms with Gasteiger partial charge >= 0.3 is 0 Å². The van der Waals surface area contributed by atoms with Gasteiger partial charge in [-0.15, -0.1) is 0 Å². The predicted molar refractivity (Wildman–Crippen MR) is 115 cm³/mol. The molecule has 0 heterocycles. The highest BCUT2D eigenvalue weighted by Crippen LogP contribution is 2.45. The van der Waals surface area contributed by atoms with Crippen LogP contribution in [0.15, 0.2) is 24.3 Å². The zero-order valence-electron chi connectivity index (χ0n) is 17.7. The van der Waals surface area contributed by atoms with Crippen LogP contribution in [0.2, 0.25) is 0 Å². The SMILES string of the molecule is CCCCOc1ccc2c(c1F)Cc1c-2ccc([C@H]2CC[C@H](CCC)CC2)c1F. The van der Waals surface area contributed by atoms with Crippen molar-refractivity contribution in [3.63, 3.8) is 0 Å². The van der Waals surface area contributed by atoms with Gasteiger partial charge in [0.15, 0.2) is 11.6 Å². The molecule has 1 nitrogen and oxygen atoms in total. The summed E-state index contributed by atoms with van der Waals surface area (Å²) in [7, 11) is 0. The first-order valence-corrected chi connectivity index (χ1v) is 11.4. The lowest BCUT2D eigenvalue weighted by molar-refractivity contribution is 0.293. The number of unbranched alkanes of at least 4 members (excludes halogenated alkanes) is 1. The van der Waals surface area contributed by atoms with Gasteiger partial charge in [0.05, 0.1) is 6.61 Å². The second-order valence-electron chi connectivity index (χ2n) is 8.78. The van der Waals surface area contributed by atoms with E-state index < -0.39 is 0 Å². The monoisotopic (exact) mass is 398 g/mol. The highest BCUT2D eigenvalue weighted by molar-refractivity contribution is 5.78. The van der Waals surface area contributed by atoms with Crippen molar-refractivity contribution in [3.05, 3.63) is 52.6 Å². The van der Waals surface area contributed by atoms with Gasteiger partial charge < -0.3 is 4.74 Å². The summed E-state index contributed by atoms with van der Waals surface area (Å²) >= 11 is 0. The second kappa shape index (κ2) is 8.85. The van der Waals surface area contributed by atoms with E-state index in [9.17, 15) is 0 Å². The van der Waals surface area contributed by atoms with Crippen LogP contribution in [0.1, 0.15) is 87.8 Å². The lowest BCUT2D eigenvalue weighted by Crippen LogP contribution is -2.14. The third-order valence-electron chi connectivity index (χ3n) is 6.86. The molecule has 0 spiro atoms. The van der Waals surface area contributed by atoms with Crippen LogP contribution in [-0.2, 0) is 6.42 Å². The number of halogens is 2. The van der Waals surface area contributed by atoms with Gasteiger partial charge in [0.1, 0.15) is 5.82 Å². The third kappa shape index (κ3) is 3.93. The fraction of sp³-hybridized carbons (Fsp3) is 0.538. The number of ether oxygens (including phenoxy) is 1. The Morgan fingerprint density at radius 1 is 0.862 bits per heavy atom. The summed E-state index contributed by atoms with van der Waals surface area (Å²) in [5.74, 6) is 0.967. The molecule has 2 aliphatic carbocycles. The van der Waals surface area contributed by atoms with Crippen molar-refractivity contribution in [2.45, 2.75) is 77.6 Å². The lowest BCUT2D eigenvalue weighted by Gasteiger charge is -2.29. The minimum atomic E-state index is -0.323. The molecule has 2 aliphatic rings. The van der Waals surface area contributed by atoms with Crippen LogP contribution in [0.4, 0.5) is 8.78 Å². The zero-order chi connectivity index (χ0) is 20.4. The first-order valence-electron chi connectivity index (χ1n) is 11.4. The number of rotatable bonds is 7. The topological polar surface area (TPSA) is 9.23 Å². The van der Waals surface area contributed by atoms with Gasteiger partial charge in [-0.05, 0) is 66.7 Å². The molecule has 0 unspecified atom stereocenters. The Bertz CT molecular complexity index is 865. The van der Waals surface area contributed by atoms with Crippen LogP contribution in [0.5, 0.6) is 5.75 Å². The molecular weight excluding hydrogens is 366 g/mol. The average molecular weight is 399 g/mol.